The van der Waals surface area contributed by atoms with Crippen molar-refractivity contribution in [2.24, 2.45) is 11.3 Å². The largest absolute Gasteiger partial charge is 0.444 e. The Morgan fingerprint density at radius 1 is 1.19 bits per heavy atom. The first-order chi connectivity index (χ1) is 7.09. The van der Waals surface area contributed by atoms with E-state index in [0.29, 0.717) is 5.92 Å². The van der Waals surface area contributed by atoms with Gasteiger partial charge in [0.25, 0.3) is 0 Å². The van der Waals surface area contributed by atoms with Gasteiger partial charge in [-0.1, -0.05) is 20.8 Å². The molecule has 0 aromatic heterocycles. The van der Waals surface area contributed by atoms with Crippen LogP contribution in [0, 0.1) is 11.3 Å². The van der Waals surface area contributed by atoms with Crippen LogP contribution in [0.4, 0.5) is 4.79 Å². The third-order valence-corrected chi connectivity index (χ3v) is 3.06. The first-order valence-electron chi connectivity index (χ1n) is 6.07. The predicted octanol–water partition coefficient (Wildman–Crippen LogP) is 3.29. The van der Waals surface area contributed by atoms with Crippen molar-refractivity contribution < 1.29 is 9.53 Å². The summed E-state index contributed by atoms with van der Waals surface area (Å²) < 4.78 is 5.37. The Hall–Kier alpha value is -0.730. The van der Waals surface area contributed by atoms with Gasteiger partial charge in [0.05, 0.1) is 0 Å². The number of carbonyl (C=O) groups excluding carboxylic acids is 1. The Morgan fingerprint density at radius 3 is 2.12 bits per heavy atom. The van der Waals surface area contributed by atoms with Crippen LogP contribution in [-0.2, 0) is 4.74 Å². The van der Waals surface area contributed by atoms with Crippen molar-refractivity contribution >= 4 is 6.09 Å². The summed E-state index contributed by atoms with van der Waals surface area (Å²) in [6, 6.07) is 0. The van der Waals surface area contributed by atoms with E-state index in [1.165, 1.54) is 0 Å². The Balaban J connectivity index is 2.51. The van der Waals surface area contributed by atoms with Gasteiger partial charge < -0.3 is 9.64 Å². The highest BCUT2D eigenvalue weighted by Crippen LogP contribution is 2.33. The van der Waals surface area contributed by atoms with Crippen LogP contribution in [0.15, 0.2) is 0 Å². The number of hydrogen-bond acceptors (Lipinski definition) is 2. The number of carbonyl (C=O) groups is 1. The Morgan fingerprint density at radius 2 is 1.75 bits per heavy atom. The standard InChI is InChI=1S/C13H25NO2/c1-12(2,3)10-7-8-14(9-10)11(15)16-13(4,5)6/h10H,7-9H2,1-6H3. The van der Waals surface area contributed by atoms with E-state index >= 15 is 0 Å². The third-order valence-electron chi connectivity index (χ3n) is 3.06. The number of amides is 1. The van der Waals surface area contributed by atoms with Crippen molar-refractivity contribution in [1.29, 1.82) is 0 Å². The summed E-state index contributed by atoms with van der Waals surface area (Å²) >= 11 is 0. The maximum atomic E-state index is 11.8. The normalized spacial score (nSPS) is 22.4. The highest BCUT2D eigenvalue weighted by atomic mass is 16.6. The number of nitrogens with zero attached hydrogens (tertiary/aromatic N) is 1. The first kappa shape index (κ1) is 13.3. The fourth-order valence-corrected chi connectivity index (χ4v) is 1.96. The van der Waals surface area contributed by atoms with Crippen LogP contribution in [-0.4, -0.2) is 29.7 Å². The molecule has 1 amide bonds. The van der Waals surface area contributed by atoms with E-state index < -0.39 is 5.60 Å². The van der Waals surface area contributed by atoms with E-state index in [1.54, 1.807) is 0 Å². The zero-order valence-corrected chi connectivity index (χ0v) is 11.5. The van der Waals surface area contributed by atoms with Crippen molar-refractivity contribution in [2.45, 2.75) is 53.6 Å². The Bertz CT molecular complexity index is 260. The van der Waals surface area contributed by atoms with Crippen LogP contribution in [0.2, 0.25) is 0 Å². The molecule has 1 atom stereocenters. The second kappa shape index (κ2) is 4.27. The smallest absolute Gasteiger partial charge is 0.410 e. The molecule has 0 aliphatic carbocycles. The van der Waals surface area contributed by atoms with E-state index in [4.69, 9.17) is 4.74 Å². The lowest BCUT2D eigenvalue weighted by atomic mass is 9.80. The van der Waals surface area contributed by atoms with Gasteiger partial charge in [-0.25, -0.2) is 4.79 Å². The van der Waals surface area contributed by atoms with Gasteiger partial charge in [-0.05, 0) is 38.5 Å². The van der Waals surface area contributed by atoms with Gasteiger partial charge in [0.15, 0.2) is 0 Å². The van der Waals surface area contributed by atoms with Crippen molar-refractivity contribution in [3.05, 3.63) is 0 Å². The van der Waals surface area contributed by atoms with Gasteiger partial charge >= 0.3 is 6.09 Å². The summed E-state index contributed by atoms with van der Waals surface area (Å²) in [5.74, 6) is 0.583. The molecular formula is C13H25NO2. The molecule has 0 aromatic carbocycles. The molecule has 0 bridgehead atoms. The van der Waals surface area contributed by atoms with Crippen molar-refractivity contribution in [3.8, 4) is 0 Å². The van der Waals surface area contributed by atoms with Crippen LogP contribution >= 0.6 is 0 Å². The average molecular weight is 227 g/mol. The molecule has 3 nitrogen and oxygen atoms in total. The van der Waals surface area contributed by atoms with E-state index in [0.717, 1.165) is 19.5 Å². The molecule has 1 rings (SSSR count). The molecular weight excluding hydrogens is 202 g/mol. The van der Waals surface area contributed by atoms with Gasteiger partial charge in [0.2, 0.25) is 0 Å². The molecule has 1 saturated heterocycles. The van der Waals surface area contributed by atoms with E-state index in [9.17, 15) is 4.79 Å². The number of ether oxygens (including phenoxy) is 1. The molecule has 0 radical (unpaired) electrons. The molecule has 1 aliphatic heterocycles. The molecule has 1 unspecified atom stereocenters. The monoisotopic (exact) mass is 227 g/mol. The highest BCUT2D eigenvalue weighted by Gasteiger charge is 2.35. The lowest BCUT2D eigenvalue weighted by Crippen LogP contribution is -2.36. The number of hydrogen-bond donors (Lipinski definition) is 0. The SMILES string of the molecule is CC(C)(C)OC(=O)N1CCC(C(C)(C)C)C1. The van der Waals surface area contributed by atoms with Crippen LogP contribution in [0.5, 0.6) is 0 Å². The van der Waals surface area contributed by atoms with Gasteiger partial charge in [-0.3, -0.25) is 0 Å². The molecule has 1 heterocycles. The molecule has 3 heteroatoms. The molecule has 16 heavy (non-hydrogen) atoms. The third kappa shape index (κ3) is 3.69. The highest BCUT2D eigenvalue weighted by molar-refractivity contribution is 5.68. The topological polar surface area (TPSA) is 29.5 Å². The van der Waals surface area contributed by atoms with Crippen molar-refractivity contribution in [1.82, 2.24) is 4.90 Å². The van der Waals surface area contributed by atoms with Crippen LogP contribution in [0.25, 0.3) is 0 Å². The van der Waals surface area contributed by atoms with Gasteiger partial charge in [-0.15, -0.1) is 0 Å². The minimum atomic E-state index is -0.392. The van der Waals surface area contributed by atoms with E-state index in [-0.39, 0.29) is 11.5 Å². The maximum Gasteiger partial charge on any atom is 0.410 e. The summed E-state index contributed by atoms with van der Waals surface area (Å²) in [6.45, 7) is 14.1. The summed E-state index contributed by atoms with van der Waals surface area (Å²) in [4.78, 5) is 13.7. The number of likely N-dealkylation sites (tertiary alicyclic amines) is 1. The lowest BCUT2D eigenvalue weighted by molar-refractivity contribution is 0.0278. The fourth-order valence-electron chi connectivity index (χ4n) is 1.96. The first-order valence-corrected chi connectivity index (χ1v) is 6.07. The average Bonchev–Trinajstić information content (AvgIpc) is 2.46. The predicted molar refractivity (Wildman–Crippen MR) is 65.4 cm³/mol. The lowest BCUT2D eigenvalue weighted by Gasteiger charge is -2.28. The maximum absolute atomic E-state index is 11.8. The van der Waals surface area contributed by atoms with Gasteiger partial charge in [-0.2, -0.15) is 0 Å². The van der Waals surface area contributed by atoms with Crippen molar-refractivity contribution in [2.75, 3.05) is 13.1 Å². The van der Waals surface area contributed by atoms with Crippen LogP contribution in [0.3, 0.4) is 0 Å². The fraction of sp³-hybridized carbons (Fsp3) is 0.923. The minimum Gasteiger partial charge on any atom is -0.444 e. The van der Waals surface area contributed by atoms with Crippen LogP contribution < -0.4 is 0 Å². The van der Waals surface area contributed by atoms with E-state index in [1.807, 2.05) is 25.7 Å². The minimum absolute atomic E-state index is 0.167. The van der Waals surface area contributed by atoms with E-state index in [2.05, 4.69) is 20.8 Å². The molecule has 0 N–H and O–H groups in total. The van der Waals surface area contributed by atoms with Gasteiger partial charge in [0, 0.05) is 13.1 Å². The van der Waals surface area contributed by atoms with Gasteiger partial charge in [0.1, 0.15) is 5.60 Å². The summed E-state index contributed by atoms with van der Waals surface area (Å²) in [5, 5.41) is 0. The summed E-state index contributed by atoms with van der Waals surface area (Å²) in [5.41, 5.74) is -0.117. The van der Waals surface area contributed by atoms with Crippen molar-refractivity contribution in [3.63, 3.8) is 0 Å². The second-order valence-corrected chi connectivity index (χ2v) is 6.78. The Labute approximate surface area is 99.1 Å². The second-order valence-electron chi connectivity index (χ2n) is 6.78. The molecule has 0 saturated carbocycles. The molecule has 1 fully saturated rings. The summed E-state index contributed by atoms with van der Waals surface area (Å²) in [6.07, 6.45) is 0.919. The molecule has 0 spiro atoms. The molecule has 0 aromatic rings. The Kier molecular flexibility index (Phi) is 3.56. The van der Waals surface area contributed by atoms with Crippen LogP contribution in [0.1, 0.15) is 48.0 Å². The summed E-state index contributed by atoms with van der Waals surface area (Å²) in [7, 11) is 0. The molecule has 1 aliphatic rings. The zero-order valence-electron chi connectivity index (χ0n) is 11.5. The number of rotatable bonds is 0. The molecule has 94 valence electrons. The zero-order chi connectivity index (χ0) is 12.6. The quantitative estimate of drug-likeness (QED) is 0.635.